The average Bonchev–Trinajstić information content (AvgIpc) is 2.91. The van der Waals surface area contributed by atoms with Gasteiger partial charge < -0.3 is 49.7 Å². The number of hydrogen-bond acceptors (Lipinski definition) is 7. The lowest BCUT2D eigenvalue weighted by molar-refractivity contribution is -0.142. The van der Waals surface area contributed by atoms with Gasteiger partial charge >= 0.3 is 5.97 Å². The number of hydrogen-bond donors (Lipinski definition) is 9. The molecule has 14 N–H and O–H groups in total. The summed E-state index contributed by atoms with van der Waals surface area (Å²) in [7, 11) is 0. The minimum absolute atomic E-state index is 0.0213. The second-order valence-corrected chi connectivity index (χ2v) is 10.3. The fourth-order valence-corrected chi connectivity index (χ4v) is 4.00. The smallest absolute Gasteiger partial charge is 0.326 e. The highest BCUT2D eigenvalue weighted by molar-refractivity contribution is 5.94. The van der Waals surface area contributed by atoms with Crippen molar-refractivity contribution >= 4 is 35.6 Å². The van der Waals surface area contributed by atoms with E-state index in [2.05, 4.69) is 25.9 Å². The Balaban J connectivity index is 3.03. The van der Waals surface area contributed by atoms with Crippen LogP contribution in [0.5, 0.6) is 0 Å². The third-order valence-electron chi connectivity index (χ3n) is 6.12. The van der Waals surface area contributed by atoms with Crippen molar-refractivity contribution in [1.29, 1.82) is 0 Å². The van der Waals surface area contributed by atoms with E-state index in [0.717, 1.165) is 5.56 Å². The van der Waals surface area contributed by atoms with Crippen LogP contribution >= 0.6 is 0 Å². The van der Waals surface area contributed by atoms with Gasteiger partial charge in [-0.2, -0.15) is 0 Å². The second-order valence-electron chi connectivity index (χ2n) is 10.3. The van der Waals surface area contributed by atoms with Gasteiger partial charge in [-0.25, -0.2) is 4.79 Å². The van der Waals surface area contributed by atoms with E-state index < -0.39 is 47.9 Å². The van der Waals surface area contributed by atoms with Crippen molar-refractivity contribution in [2.45, 2.75) is 76.5 Å². The molecule has 42 heavy (non-hydrogen) atoms. The Hall–Kier alpha value is -4.40. The number of carboxylic acids is 1. The van der Waals surface area contributed by atoms with Crippen LogP contribution in [0.2, 0.25) is 0 Å². The summed E-state index contributed by atoms with van der Waals surface area (Å²) in [6.45, 7) is 4.22. The predicted molar refractivity (Wildman–Crippen MR) is 161 cm³/mol. The van der Waals surface area contributed by atoms with Crippen LogP contribution in [-0.4, -0.2) is 78.0 Å². The number of carboxylic acid groups (broad SMARTS) is 1. The third kappa shape index (κ3) is 14.8. The number of guanidine groups is 2. The van der Waals surface area contributed by atoms with Gasteiger partial charge in [-0.1, -0.05) is 44.2 Å². The molecule has 0 heterocycles. The van der Waals surface area contributed by atoms with Gasteiger partial charge in [0.2, 0.25) is 17.7 Å². The largest absolute Gasteiger partial charge is 0.480 e. The van der Waals surface area contributed by atoms with Crippen molar-refractivity contribution in [3.63, 3.8) is 0 Å². The predicted octanol–water partition coefficient (Wildman–Crippen LogP) is -1.75. The van der Waals surface area contributed by atoms with Crippen LogP contribution in [0.4, 0.5) is 0 Å². The molecule has 0 saturated carbocycles. The number of carbonyl (C=O) groups is 4. The number of aliphatic carboxylic acids is 1. The quantitative estimate of drug-likeness (QED) is 0.0497. The molecule has 15 heteroatoms. The zero-order valence-electron chi connectivity index (χ0n) is 24.3. The van der Waals surface area contributed by atoms with Gasteiger partial charge in [-0.3, -0.25) is 24.4 Å². The second kappa shape index (κ2) is 18.9. The Morgan fingerprint density at radius 3 is 1.79 bits per heavy atom. The Labute approximate surface area is 246 Å². The highest BCUT2D eigenvalue weighted by Crippen LogP contribution is 2.10. The number of aliphatic imine (C=N–C) groups is 2. The molecule has 1 aromatic carbocycles. The molecule has 15 nitrogen and oxygen atoms in total. The molecular weight excluding hydrogens is 544 g/mol. The molecule has 4 atom stereocenters. The number of benzene rings is 1. The topological polar surface area (TPSA) is 279 Å². The first-order chi connectivity index (χ1) is 19.8. The number of nitrogens with two attached hydrogens (primary N) is 5. The lowest BCUT2D eigenvalue weighted by Gasteiger charge is -2.26. The maximum absolute atomic E-state index is 13.5. The molecular formula is C27H46N10O5. The van der Waals surface area contributed by atoms with E-state index in [1.807, 2.05) is 19.9 Å². The van der Waals surface area contributed by atoms with Crippen molar-refractivity contribution in [3.8, 4) is 0 Å². The van der Waals surface area contributed by atoms with E-state index in [4.69, 9.17) is 28.7 Å². The average molecular weight is 591 g/mol. The van der Waals surface area contributed by atoms with Crippen LogP contribution in [0, 0.1) is 5.92 Å². The summed E-state index contributed by atoms with van der Waals surface area (Å²) in [6, 6.07) is 4.79. The first-order valence-corrected chi connectivity index (χ1v) is 13.8. The zero-order chi connectivity index (χ0) is 31.7. The molecule has 0 spiro atoms. The summed E-state index contributed by atoms with van der Waals surface area (Å²) < 4.78 is 0. The Kier molecular flexibility index (Phi) is 16.0. The van der Waals surface area contributed by atoms with Crippen LogP contribution in [0.1, 0.15) is 51.5 Å². The van der Waals surface area contributed by atoms with E-state index in [1.165, 1.54) is 0 Å². The third-order valence-corrected chi connectivity index (χ3v) is 6.12. The van der Waals surface area contributed by atoms with Crippen LogP contribution in [0.15, 0.2) is 40.3 Å². The fourth-order valence-electron chi connectivity index (χ4n) is 4.00. The van der Waals surface area contributed by atoms with Gasteiger partial charge in [0.1, 0.15) is 18.1 Å². The minimum atomic E-state index is -1.23. The molecule has 0 aromatic heterocycles. The van der Waals surface area contributed by atoms with Crippen LogP contribution in [0.25, 0.3) is 0 Å². The lowest BCUT2D eigenvalue weighted by Crippen LogP contribution is -2.57. The molecule has 3 amide bonds. The lowest BCUT2D eigenvalue weighted by atomic mass is 10.00. The van der Waals surface area contributed by atoms with Gasteiger partial charge in [0.15, 0.2) is 11.9 Å². The maximum Gasteiger partial charge on any atom is 0.326 e. The Morgan fingerprint density at radius 2 is 1.26 bits per heavy atom. The van der Waals surface area contributed by atoms with Gasteiger partial charge in [0.05, 0.1) is 6.04 Å². The van der Waals surface area contributed by atoms with Gasteiger partial charge in [0.25, 0.3) is 0 Å². The Bertz CT molecular complexity index is 1070. The summed E-state index contributed by atoms with van der Waals surface area (Å²) >= 11 is 0. The van der Waals surface area contributed by atoms with Gasteiger partial charge in [-0.05, 0) is 43.6 Å². The summed E-state index contributed by atoms with van der Waals surface area (Å²) in [4.78, 5) is 59.0. The number of nitrogens with zero attached hydrogens (tertiary/aromatic N) is 2. The highest BCUT2D eigenvalue weighted by Gasteiger charge is 2.30. The molecule has 0 bridgehead atoms. The minimum Gasteiger partial charge on any atom is -0.480 e. The van der Waals surface area contributed by atoms with Crippen LogP contribution < -0.4 is 44.6 Å². The molecule has 234 valence electrons. The van der Waals surface area contributed by atoms with Crippen molar-refractivity contribution in [2.75, 3.05) is 13.1 Å². The molecule has 0 aliphatic heterocycles. The van der Waals surface area contributed by atoms with Gasteiger partial charge in [-0.15, -0.1) is 0 Å². The first-order valence-electron chi connectivity index (χ1n) is 13.8. The van der Waals surface area contributed by atoms with Crippen LogP contribution in [0.3, 0.4) is 0 Å². The molecule has 0 saturated heterocycles. The molecule has 4 unspecified atom stereocenters. The maximum atomic E-state index is 13.5. The molecule has 0 fully saturated rings. The van der Waals surface area contributed by atoms with Crippen molar-refractivity contribution in [1.82, 2.24) is 16.0 Å². The van der Waals surface area contributed by atoms with Crippen LogP contribution in [-0.2, 0) is 25.6 Å². The van der Waals surface area contributed by atoms with Gasteiger partial charge in [0, 0.05) is 19.5 Å². The first kappa shape index (κ1) is 35.6. The number of nitrogens with one attached hydrogen (secondary N) is 3. The van der Waals surface area contributed by atoms with E-state index in [-0.39, 0.29) is 50.1 Å². The number of carbonyl (C=O) groups excluding carboxylic acids is 3. The standard InChI is InChI=1S/C27H46N10O5/c1-16(2)14-20(23(39)35-19(25(41)42)11-7-13-34-27(31)32)37-24(40)21(15-17-8-4-3-5-9-17)36-22(38)18(28)10-6-12-33-26(29)30/h3-5,8-9,16,18-21H,6-7,10-15,28H2,1-2H3,(H,35,39)(H,36,38)(H,37,40)(H,41,42)(H4,29,30,33)(H4,31,32,34). The SMILES string of the molecule is CC(C)CC(NC(=O)C(Cc1ccccc1)NC(=O)C(N)CCCN=C(N)N)C(=O)NC(CCCN=C(N)N)C(=O)O. The fraction of sp³-hybridized carbons (Fsp3) is 0.556. The normalized spacial score (nSPS) is 13.6. The van der Waals surface area contributed by atoms with Crippen molar-refractivity contribution in [3.05, 3.63) is 35.9 Å². The van der Waals surface area contributed by atoms with E-state index in [0.29, 0.717) is 19.4 Å². The van der Waals surface area contributed by atoms with Crippen molar-refractivity contribution < 1.29 is 24.3 Å². The number of amides is 3. The van der Waals surface area contributed by atoms with E-state index in [9.17, 15) is 24.3 Å². The molecule has 1 aromatic rings. The molecule has 0 radical (unpaired) electrons. The zero-order valence-corrected chi connectivity index (χ0v) is 24.3. The van der Waals surface area contributed by atoms with E-state index >= 15 is 0 Å². The number of rotatable bonds is 19. The summed E-state index contributed by atoms with van der Waals surface area (Å²) in [5.74, 6) is -3.25. The summed E-state index contributed by atoms with van der Waals surface area (Å²) in [6.07, 6.45) is 1.49. The summed E-state index contributed by atoms with van der Waals surface area (Å²) in [5, 5.41) is 17.5. The van der Waals surface area contributed by atoms with Crippen molar-refractivity contribution in [2.24, 2.45) is 44.6 Å². The molecule has 0 aliphatic rings. The Morgan fingerprint density at radius 1 is 0.762 bits per heavy atom. The monoisotopic (exact) mass is 590 g/mol. The highest BCUT2D eigenvalue weighted by atomic mass is 16.4. The van der Waals surface area contributed by atoms with E-state index in [1.54, 1.807) is 24.3 Å². The molecule has 0 aliphatic carbocycles. The summed E-state index contributed by atoms with van der Waals surface area (Å²) in [5.41, 5.74) is 28.0. The molecule has 1 rings (SSSR count).